The number of fused-ring (bicyclic) bond motifs is 1. The average Bonchev–Trinajstić information content (AvgIpc) is 2.47. The molecule has 2 atom stereocenters. The Morgan fingerprint density at radius 1 is 1.40 bits per heavy atom. The summed E-state index contributed by atoms with van der Waals surface area (Å²) in [7, 11) is 0. The van der Waals surface area contributed by atoms with E-state index in [-0.39, 0.29) is 18.0 Å². The predicted octanol–water partition coefficient (Wildman–Crippen LogP) is 2.96. The van der Waals surface area contributed by atoms with Crippen LogP contribution in [0.25, 0.3) is 0 Å². The summed E-state index contributed by atoms with van der Waals surface area (Å²) < 4.78 is 0. The maximum absolute atomic E-state index is 12.4. The molecule has 1 aliphatic rings. The number of unbranched alkanes of at least 4 members (excludes halogenated alkanes) is 2. The number of benzene rings is 1. The lowest BCUT2D eigenvalue weighted by atomic mass is 9.93. The molecule has 1 aromatic carbocycles. The number of carbonyl (C=O) groups excluding carboxylic acids is 1. The molecule has 20 heavy (non-hydrogen) atoms. The van der Waals surface area contributed by atoms with Gasteiger partial charge in [-0.1, -0.05) is 50.5 Å². The minimum absolute atomic E-state index is 0.112. The maximum Gasteiger partial charge on any atom is 0.241 e. The zero-order chi connectivity index (χ0) is 14.4. The second-order valence-electron chi connectivity index (χ2n) is 5.74. The average molecular weight is 274 g/mol. The summed E-state index contributed by atoms with van der Waals surface area (Å²) in [6.07, 6.45) is 5.72. The van der Waals surface area contributed by atoms with Crippen LogP contribution in [0.15, 0.2) is 24.3 Å². The summed E-state index contributed by atoms with van der Waals surface area (Å²) in [5.74, 6) is 0.112. The molecule has 3 nitrogen and oxygen atoms in total. The highest BCUT2D eigenvalue weighted by molar-refractivity contribution is 5.84. The third-order valence-corrected chi connectivity index (χ3v) is 4.00. The first-order valence-electron chi connectivity index (χ1n) is 7.84. The molecule has 0 saturated heterocycles. The van der Waals surface area contributed by atoms with Gasteiger partial charge in [-0.05, 0) is 30.9 Å². The van der Waals surface area contributed by atoms with Gasteiger partial charge >= 0.3 is 0 Å². The van der Waals surface area contributed by atoms with E-state index in [1.807, 2.05) is 12.1 Å². The van der Waals surface area contributed by atoms with Crippen LogP contribution in [0.2, 0.25) is 0 Å². The first kappa shape index (κ1) is 15.0. The van der Waals surface area contributed by atoms with Gasteiger partial charge in [0.15, 0.2) is 0 Å². The van der Waals surface area contributed by atoms with E-state index in [2.05, 4.69) is 36.6 Å². The van der Waals surface area contributed by atoms with Gasteiger partial charge in [-0.25, -0.2) is 0 Å². The molecule has 1 amide bonds. The number of hydrogen-bond donors (Lipinski definition) is 2. The molecule has 0 aliphatic carbocycles. The van der Waals surface area contributed by atoms with Crippen LogP contribution in [0.3, 0.4) is 0 Å². The van der Waals surface area contributed by atoms with E-state index in [4.69, 9.17) is 0 Å². The first-order chi connectivity index (χ1) is 9.72. The number of carbonyl (C=O) groups is 1. The summed E-state index contributed by atoms with van der Waals surface area (Å²) in [6.45, 7) is 5.17. The number of rotatable bonds is 6. The quantitative estimate of drug-likeness (QED) is 0.783. The van der Waals surface area contributed by atoms with Crippen LogP contribution in [0.4, 0.5) is 0 Å². The van der Waals surface area contributed by atoms with E-state index >= 15 is 0 Å². The van der Waals surface area contributed by atoms with Crippen molar-refractivity contribution in [3.63, 3.8) is 0 Å². The maximum atomic E-state index is 12.4. The molecule has 0 fully saturated rings. The molecule has 110 valence electrons. The monoisotopic (exact) mass is 274 g/mol. The minimum Gasteiger partial charge on any atom is -0.352 e. The lowest BCUT2D eigenvalue weighted by Gasteiger charge is -2.27. The molecule has 0 spiro atoms. The van der Waals surface area contributed by atoms with Gasteiger partial charge in [0.25, 0.3) is 0 Å². The minimum atomic E-state index is -0.187. The molecule has 2 rings (SSSR count). The van der Waals surface area contributed by atoms with E-state index in [9.17, 15) is 4.79 Å². The highest BCUT2D eigenvalue weighted by atomic mass is 16.2. The van der Waals surface area contributed by atoms with Crippen LogP contribution in [0.1, 0.15) is 56.7 Å². The smallest absolute Gasteiger partial charge is 0.241 e. The Morgan fingerprint density at radius 3 is 3.00 bits per heavy atom. The Labute approximate surface area is 122 Å². The van der Waals surface area contributed by atoms with Crippen molar-refractivity contribution >= 4 is 5.91 Å². The number of nitrogens with one attached hydrogen (secondary N) is 2. The number of amides is 1. The Hall–Kier alpha value is -1.35. The SMILES string of the molecule is CCCCCC(C)NC(=O)C1NCCc2ccccc21. The second-order valence-corrected chi connectivity index (χ2v) is 5.74. The summed E-state index contributed by atoms with van der Waals surface area (Å²) >= 11 is 0. The van der Waals surface area contributed by atoms with E-state index in [1.54, 1.807) is 0 Å². The fourth-order valence-electron chi connectivity index (χ4n) is 2.84. The third-order valence-electron chi connectivity index (χ3n) is 4.00. The molecular formula is C17H26N2O. The Morgan fingerprint density at radius 2 is 2.20 bits per heavy atom. The predicted molar refractivity (Wildman–Crippen MR) is 82.6 cm³/mol. The zero-order valence-corrected chi connectivity index (χ0v) is 12.6. The van der Waals surface area contributed by atoms with E-state index in [0.29, 0.717) is 0 Å². The molecule has 2 N–H and O–H groups in total. The Bertz CT molecular complexity index is 444. The largest absolute Gasteiger partial charge is 0.352 e. The molecule has 1 heterocycles. The van der Waals surface area contributed by atoms with Crippen LogP contribution in [0.5, 0.6) is 0 Å². The summed E-state index contributed by atoms with van der Waals surface area (Å²) in [5, 5.41) is 6.48. The van der Waals surface area contributed by atoms with Crippen molar-refractivity contribution in [2.45, 2.75) is 58.0 Å². The Balaban J connectivity index is 1.93. The zero-order valence-electron chi connectivity index (χ0n) is 12.6. The molecule has 1 aliphatic heterocycles. The van der Waals surface area contributed by atoms with Gasteiger partial charge < -0.3 is 10.6 Å². The van der Waals surface area contributed by atoms with Gasteiger partial charge in [0.1, 0.15) is 6.04 Å². The highest BCUT2D eigenvalue weighted by Crippen LogP contribution is 2.22. The third kappa shape index (κ3) is 3.83. The molecular weight excluding hydrogens is 248 g/mol. The van der Waals surface area contributed by atoms with Crippen molar-refractivity contribution in [1.29, 1.82) is 0 Å². The van der Waals surface area contributed by atoms with Crippen molar-refractivity contribution in [2.75, 3.05) is 6.54 Å². The van der Waals surface area contributed by atoms with Gasteiger partial charge in [0, 0.05) is 12.6 Å². The summed E-state index contributed by atoms with van der Waals surface area (Å²) in [4.78, 5) is 12.4. The lowest BCUT2D eigenvalue weighted by Crippen LogP contribution is -2.44. The van der Waals surface area contributed by atoms with Crippen LogP contribution < -0.4 is 10.6 Å². The highest BCUT2D eigenvalue weighted by Gasteiger charge is 2.26. The van der Waals surface area contributed by atoms with Crippen LogP contribution in [-0.4, -0.2) is 18.5 Å². The van der Waals surface area contributed by atoms with Crippen molar-refractivity contribution in [1.82, 2.24) is 10.6 Å². The van der Waals surface area contributed by atoms with E-state index < -0.39 is 0 Å². The van der Waals surface area contributed by atoms with Gasteiger partial charge in [-0.15, -0.1) is 0 Å². The van der Waals surface area contributed by atoms with E-state index in [0.717, 1.165) is 24.9 Å². The Kier molecular flexibility index (Phi) is 5.60. The molecule has 0 saturated carbocycles. The molecule has 1 aromatic rings. The van der Waals surface area contributed by atoms with Crippen molar-refractivity contribution in [2.24, 2.45) is 0 Å². The van der Waals surface area contributed by atoms with Crippen molar-refractivity contribution in [3.8, 4) is 0 Å². The lowest BCUT2D eigenvalue weighted by molar-refractivity contribution is -0.124. The van der Waals surface area contributed by atoms with Crippen LogP contribution in [-0.2, 0) is 11.2 Å². The van der Waals surface area contributed by atoms with Crippen molar-refractivity contribution in [3.05, 3.63) is 35.4 Å². The second kappa shape index (κ2) is 7.44. The van der Waals surface area contributed by atoms with Gasteiger partial charge in [0.2, 0.25) is 5.91 Å². The fraction of sp³-hybridized carbons (Fsp3) is 0.588. The molecule has 0 radical (unpaired) electrons. The van der Waals surface area contributed by atoms with Gasteiger partial charge in [-0.2, -0.15) is 0 Å². The fourth-order valence-corrected chi connectivity index (χ4v) is 2.84. The summed E-state index contributed by atoms with van der Waals surface area (Å²) in [5.41, 5.74) is 2.43. The normalized spacial score (nSPS) is 19.2. The standard InChI is InChI=1S/C17H26N2O/c1-3-4-5-8-13(2)19-17(20)16-15-10-7-6-9-14(15)11-12-18-16/h6-7,9-10,13,16,18H,3-5,8,11-12H2,1-2H3,(H,19,20). The summed E-state index contributed by atoms with van der Waals surface area (Å²) in [6, 6.07) is 8.32. The molecule has 0 aromatic heterocycles. The molecule has 2 unspecified atom stereocenters. The van der Waals surface area contributed by atoms with Crippen LogP contribution in [0, 0.1) is 0 Å². The van der Waals surface area contributed by atoms with Crippen molar-refractivity contribution < 1.29 is 4.79 Å². The van der Waals surface area contributed by atoms with Gasteiger partial charge in [0.05, 0.1) is 0 Å². The number of hydrogen-bond acceptors (Lipinski definition) is 2. The van der Waals surface area contributed by atoms with Crippen LogP contribution >= 0.6 is 0 Å². The topological polar surface area (TPSA) is 41.1 Å². The first-order valence-corrected chi connectivity index (χ1v) is 7.84. The molecule has 0 bridgehead atoms. The molecule has 3 heteroatoms. The van der Waals surface area contributed by atoms with E-state index in [1.165, 1.54) is 24.8 Å². The van der Waals surface area contributed by atoms with Gasteiger partial charge in [-0.3, -0.25) is 4.79 Å².